The van der Waals surface area contributed by atoms with Crippen molar-refractivity contribution in [2.45, 2.75) is 26.0 Å². The van der Waals surface area contributed by atoms with Crippen LogP contribution in [-0.4, -0.2) is 18.3 Å². The lowest BCUT2D eigenvalue weighted by atomic mass is 10.1. The number of hydrogen-bond donors (Lipinski definition) is 2. The third kappa shape index (κ3) is 5.48. The number of rotatable bonds is 7. The maximum Gasteiger partial charge on any atom is 0.319 e. The Morgan fingerprint density at radius 1 is 1.27 bits per heavy atom. The van der Waals surface area contributed by atoms with E-state index in [0.29, 0.717) is 6.54 Å². The molecule has 2 rings (SSSR count). The number of carbonyl (C=O) groups is 1. The average Bonchev–Trinajstić information content (AvgIpc) is 2.99. The minimum absolute atomic E-state index is 0.150. The average molecular weight is 318 g/mol. The van der Waals surface area contributed by atoms with Gasteiger partial charge in [0.1, 0.15) is 5.76 Å². The lowest BCUT2D eigenvalue weighted by Crippen LogP contribution is -2.30. The van der Waals surface area contributed by atoms with Gasteiger partial charge in [0.2, 0.25) is 0 Å². The molecule has 5 heteroatoms. The Morgan fingerprint density at radius 3 is 2.86 bits per heavy atom. The number of hydrogen-bond acceptors (Lipinski definition) is 3. The second kappa shape index (κ2) is 8.54. The van der Waals surface area contributed by atoms with Gasteiger partial charge in [0, 0.05) is 12.2 Å². The molecule has 1 heterocycles. The molecule has 0 atom stereocenters. The Balaban J connectivity index is 1.59. The van der Waals surface area contributed by atoms with Crippen molar-refractivity contribution in [2.75, 3.05) is 17.6 Å². The molecule has 0 unspecified atom stereocenters. The molecule has 118 valence electrons. The zero-order valence-corrected chi connectivity index (χ0v) is 13.8. The molecule has 0 saturated carbocycles. The standard InChI is InChI=1S/C17H22N2O2S/c1-13-6-7-16(14(2)11-13)19-17(20)18-8-4-10-22-12-15-5-3-9-21-15/h3,5-7,9,11H,4,8,10,12H2,1-2H3,(H2,18,19,20). The Hall–Kier alpha value is -1.88. The van der Waals surface area contributed by atoms with E-state index in [2.05, 4.69) is 16.7 Å². The summed E-state index contributed by atoms with van der Waals surface area (Å²) in [7, 11) is 0. The number of furan rings is 1. The highest BCUT2D eigenvalue weighted by atomic mass is 32.2. The predicted molar refractivity (Wildman–Crippen MR) is 92.4 cm³/mol. The van der Waals surface area contributed by atoms with E-state index >= 15 is 0 Å². The van der Waals surface area contributed by atoms with E-state index in [0.717, 1.165) is 34.9 Å². The third-order valence-electron chi connectivity index (χ3n) is 3.21. The molecule has 0 bridgehead atoms. The van der Waals surface area contributed by atoms with Gasteiger partial charge in [0.15, 0.2) is 0 Å². The third-order valence-corrected chi connectivity index (χ3v) is 4.27. The van der Waals surface area contributed by atoms with Gasteiger partial charge in [0.05, 0.1) is 12.0 Å². The molecule has 0 aliphatic rings. The van der Waals surface area contributed by atoms with Crippen LogP contribution in [0.4, 0.5) is 10.5 Å². The number of benzene rings is 1. The number of thioether (sulfide) groups is 1. The van der Waals surface area contributed by atoms with Gasteiger partial charge in [0.25, 0.3) is 0 Å². The highest BCUT2D eigenvalue weighted by molar-refractivity contribution is 7.98. The second-order valence-electron chi connectivity index (χ2n) is 5.18. The SMILES string of the molecule is Cc1ccc(NC(=O)NCCCSCc2ccco2)c(C)c1. The first-order valence-corrected chi connectivity index (χ1v) is 8.53. The zero-order valence-electron chi connectivity index (χ0n) is 13.0. The fourth-order valence-corrected chi connectivity index (χ4v) is 2.92. The molecule has 0 spiro atoms. The largest absolute Gasteiger partial charge is 0.468 e. The summed E-state index contributed by atoms with van der Waals surface area (Å²) in [5.74, 6) is 2.86. The molecule has 2 N–H and O–H groups in total. The monoisotopic (exact) mass is 318 g/mol. The summed E-state index contributed by atoms with van der Waals surface area (Å²) in [4.78, 5) is 11.8. The lowest BCUT2D eigenvalue weighted by Gasteiger charge is -2.10. The fourth-order valence-electron chi connectivity index (χ4n) is 2.06. The first-order chi connectivity index (χ1) is 10.6. The topological polar surface area (TPSA) is 54.3 Å². The van der Waals surface area contributed by atoms with Crippen LogP contribution in [0.2, 0.25) is 0 Å². The van der Waals surface area contributed by atoms with E-state index in [1.165, 1.54) is 5.56 Å². The molecule has 2 aromatic rings. The van der Waals surface area contributed by atoms with Gasteiger partial charge in [-0.2, -0.15) is 11.8 Å². The number of aryl methyl sites for hydroxylation is 2. The molecule has 0 aliphatic carbocycles. The van der Waals surface area contributed by atoms with E-state index in [9.17, 15) is 4.79 Å². The van der Waals surface area contributed by atoms with Crippen LogP contribution in [0.15, 0.2) is 41.0 Å². The van der Waals surface area contributed by atoms with Crippen LogP contribution in [0.1, 0.15) is 23.3 Å². The molecule has 2 amide bonds. The fraction of sp³-hybridized carbons (Fsp3) is 0.353. The number of anilines is 1. The van der Waals surface area contributed by atoms with E-state index in [1.54, 1.807) is 18.0 Å². The van der Waals surface area contributed by atoms with Crippen LogP contribution in [0, 0.1) is 13.8 Å². The first-order valence-electron chi connectivity index (χ1n) is 7.37. The molecule has 0 aliphatic heterocycles. The van der Waals surface area contributed by atoms with Gasteiger partial charge in [-0.3, -0.25) is 0 Å². The van der Waals surface area contributed by atoms with Crippen molar-refractivity contribution in [1.82, 2.24) is 5.32 Å². The van der Waals surface area contributed by atoms with E-state index < -0.39 is 0 Å². The Kier molecular flexibility index (Phi) is 6.40. The summed E-state index contributed by atoms with van der Waals surface area (Å²) in [6.45, 7) is 4.70. The van der Waals surface area contributed by atoms with Crippen LogP contribution in [0.5, 0.6) is 0 Å². The summed E-state index contributed by atoms with van der Waals surface area (Å²) in [6.07, 6.45) is 2.63. The predicted octanol–water partition coefficient (Wildman–Crippen LogP) is 4.34. The number of urea groups is 1. The molecule has 4 nitrogen and oxygen atoms in total. The van der Waals surface area contributed by atoms with Crippen molar-refractivity contribution in [3.63, 3.8) is 0 Å². The van der Waals surface area contributed by atoms with Gasteiger partial charge in [-0.1, -0.05) is 17.7 Å². The van der Waals surface area contributed by atoms with Crippen molar-refractivity contribution in [3.8, 4) is 0 Å². The van der Waals surface area contributed by atoms with Gasteiger partial charge in [-0.05, 0) is 49.8 Å². The highest BCUT2D eigenvalue weighted by Gasteiger charge is 2.04. The van der Waals surface area contributed by atoms with Crippen molar-refractivity contribution < 1.29 is 9.21 Å². The summed E-state index contributed by atoms with van der Waals surface area (Å²) in [5.41, 5.74) is 3.12. The molecule has 0 radical (unpaired) electrons. The van der Waals surface area contributed by atoms with Crippen LogP contribution in [0.25, 0.3) is 0 Å². The van der Waals surface area contributed by atoms with Crippen LogP contribution >= 0.6 is 11.8 Å². The van der Waals surface area contributed by atoms with Gasteiger partial charge in [-0.25, -0.2) is 4.79 Å². The summed E-state index contributed by atoms with van der Waals surface area (Å²) in [5, 5.41) is 5.76. The van der Waals surface area contributed by atoms with Crippen molar-refractivity contribution in [1.29, 1.82) is 0 Å². The van der Waals surface area contributed by atoms with Crippen LogP contribution in [0.3, 0.4) is 0 Å². The van der Waals surface area contributed by atoms with Crippen molar-refractivity contribution in [3.05, 3.63) is 53.5 Å². The number of nitrogens with one attached hydrogen (secondary N) is 2. The quantitative estimate of drug-likeness (QED) is 0.747. The summed E-state index contributed by atoms with van der Waals surface area (Å²) >= 11 is 1.81. The molecule has 22 heavy (non-hydrogen) atoms. The highest BCUT2D eigenvalue weighted by Crippen LogP contribution is 2.16. The Morgan fingerprint density at radius 2 is 2.14 bits per heavy atom. The molecule has 0 saturated heterocycles. The minimum Gasteiger partial charge on any atom is -0.468 e. The van der Waals surface area contributed by atoms with E-state index in [1.807, 2.05) is 38.1 Å². The molecule has 1 aromatic heterocycles. The van der Waals surface area contributed by atoms with Gasteiger partial charge >= 0.3 is 6.03 Å². The van der Waals surface area contributed by atoms with Gasteiger partial charge < -0.3 is 15.1 Å². The van der Waals surface area contributed by atoms with Crippen molar-refractivity contribution in [2.24, 2.45) is 0 Å². The number of amides is 2. The molecule has 1 aromatic carbocycles. The zero-order chi connectivity index (χ0) is 15.8. The van der Waals surface area contributed by atoms with Crippen LogP contribution in [-0.2, 0) is 5.75 Å². The number of carbonyl (C=O) groups excluding carboxylic acids is 1. The first kappa shape index (κ1) is 16.5. The Bertz CT molecular complexity index is 597. The summed E-state index contributed by atoms with van der Waals surface area (Å²) < 4.78 is 5.26. The second-order valence-corrected chi connectivity index (χ2v) is 6.29. The maximum absolute atomic E-state index is 11.8. The smallest absolute Gasteiger partial charge is 0.319 e. The molecule has 0 fully saturated rings. The lowest BCUT2D eigenvalue weighted by molar-refractivity contribution is 0.252. The normalized spacial score (nSPS) is 10.5. The van der Waals surface area contributed by atoms with Gasteiger partial charge in [-0.15, -0.1) is 0 Å². The van der Waals surface area contributed by atoms with E-state index in [4.69, 9.17) is 4.42 Å². The summed E-state index contributed by atoms with van der Waals surface area (Å²) in [6, 6.07) is 9.71. The van der Waals surface area contributed by atoms with Crippen molar-refractivity contribution >= 4 is 23.5 Å². The molecular weight excluding hydrogens is 296 g/mol. The molecular formula is C17H22N2O2S. The van der Waals surface area contributed by atoms with E-state index in [-0.39, 0.29) is 6.03 Å². The maximum atomic E-state index is 11.8. The van der Waals surface area contributed by atoms with Crippen LogP contribution < -0.4 is 10.6 Å². The Labute approximate surface area is 135 Å². The minimum atomic E-state index is -0.150.